The number of carboxylic acid groups (broad SMARTS) is 1. The first-order valence-electron chi connectivity index (χ1n) is 8.99. The van der Waals surface area contributed by atoms with E-state index in [0.717, 1.165) is 55.9 Å². The Hall–Kier alpha value is -1.44. The van der Waals surface area contributed by atoms with Gasteiger partial charge in [0.25, 0.3) is 0 Å². The van der Waals surface area contributed by atoms with E-state index < -0.39 is 5.97 Å². The predicted octanol–water partition coefficient (Wildman–Crippen LogP) is 2.18. The maximum atomic E-state index is 12.3. The Balaban J connectivity index is 1.68. The minimum Gasteiger partial charge on any atom is -0.477 e. The van der Waals surface area contributed by atoms with Gasteiger partial charge in [0, 0.05) is 37.5 Å². The fraction of sp³-hybridized carbons (Fsp3) is 0.667. The molecule has 1 N–H and O–H groups in total. The average Bonchev–Trinajstić information content (AvgIpc) is 3.04. The standard InChI is InChI=1S/C18H26N2O4S/c1-3-20(4-2)16(21)12-19-8-6-18(7-9-19)13-11-15(17(22)23)25-14(13)5-10-24-18/h11H,3-10,12H2,1-2H3,(H,22,23). The van der Waals surface area contributed by atoms with E-state index in [0.29, 0.717) is 18.0 Å². The number of hydrogen-bond donors (Lipinski definition) is 1. The van der Waals surface area contributed by atoms with Crippen LogP contribution >= 0.6 is 11.3 Å². The van der Waals surface area contributed by atoms with Crippen LogP contribution in [0.4, 0.5) is 0 Å². The van der Waals surface area contributed by atoms with Crippen molar-refractivity contribution < 1.29 is 19.4 Å². The Labute approximate surface area is 152 Å². The van der Waals surface area contributed by atoms with Crippen LogP contribution in [-0.2, 0) is 21.6 Å². The molecule has 3 heterocycles. The van der Waals surface area contributed by atoms with Crippen LogP contribution in [0.15, 0.2) is 6.07 Å². The van der Waals surface area contributed by atoms with Gasteiger partial charge in [0.1, 0.15) is 4.88 Å². The number of ether oxygens (including phenoxy) is 1. The molecule has 1 spiro atoms. The first-order valence-corrected chi connectivity index (χ1v) is 9.81. The van der Waals surface area contributed by atoms with Crippen molar-refractivity contribution in [1.82, 2.24) is 9.80 Å². The number of aromatic carboxylic acids is 1. The molecule has 3 rings (SSSR count). The van der Waals surface area contributed by atoms with E-state index >= 15 is 0 Å². The monoisotopic (exact) mass is 366 g/mol. The number of thiophene rings is 1. The summed E-state index contributed by atoms with van der Waals surface area (Å²) in [7, 11) is 0. The van der Waals surface area contributed by atoms with Crippen LogP contribution in [0.1, 0.15) is 46.8 Å². The summed E-state index contributed by atoms with van der Waals surface area (Å²) >= 11 is 1.38. The minimum absolute atomic E-state index is 0.176. The quantitative estimate of drug-likeness (QED) is 0.865. The molecule has 1 aromatic rings. The normalized spacial score (nSPS) is 19.6. The van der Waals surface area contributed by atoms with Gasteiger partial charge in [-0.05, 0) is 38.3 Å². The van der Waals surface area contributed by atoms with Crippen LogP contribution in [-0.4, -0.2) is 66.1 Å². The molecule has 2 aliphatic rings. The molecule has 0 radical (unpaired) electrons. The van der Waals surface area contributed by atoms with Crippen molar-refractivity contribution in [2.75, 3.05) is 39.3 Å². The molecule has 0 unspecified atom stereocenters. The molecule has 138 valence electrons. The molecule has 1 saturated heterocycles. The molecule has 0 bridgehead atoms. The van der Waals surface area contributed by atoms with Gasteiger partial charge in [-0.3, -0.25) is 9.69 Å². The lowest BCUT2D eigenvalue weighted by Gasteiger charge is -2.44. The lowest BCUT2D eigenvalue weighted by molar-refractivity contribution is -0.135. The van der Waals surface area contributed by atoms with Gasteiger partial charge in [0.2, 0.25) is 5.91 Å². The summed E-state index contributed by atoms with van der Waals surface area (Å²) in [6, 6.07) is 1.80. The average molecular weight is 366 g/mol. The summed E-state index contributed by atoms with van der Waals surface area (Å²) in [5.74, 6) is -0.688. The van der Waals surface area contributed by atoms with Crippen molar-refractivity contribution in [3.8, 4) is 0 Å². The van der Waals surface area contributed by atoms with Crippen molar-refractivity contribution in [3.05, 3.63) is 21.4 Å². The van der Waals surface area contributed by atoms with Crippen molar-refractivity contribution in [2.45, 2.75) is 38.7 Å². The Morgan fingerprint density at radius 2 is 2.00 bits per heavy atom. The summed E-state index contributed by atoms with van der Waals surface area (Å²) in [5.41, 5.74) is 0.697. The third kappa shape index (κ3) is 3.59. The second kappa shape index (κ2) is 7.43. The second-order valence-corrected chi connectivity index (χ2v) is 7.82. The van der Waals surface area contributed by atoms with E-state index in [4.69, 9.17) is 4.74 Å². The van der Waals surface area contributed by atoms with E-state index in [-0.39, 0.29) is 11.5 Å². The van der Waals surface area contributed by atoms with E-state index in [1.54, 1.807) is 6.07 Å². The largest absolute Gasteiger partial charge is 0.477 e. The van der Waals surface area contributed by atoms with Gasteiger partial charge >= 0.3 is 5.97 Å². The number of nitrogens with zero attached hydrogens (tertiary/aromatic N) is 2. The fourth-order valence-corrected chi connectivity index (χ4v) is 4.95. The summed E-state index contributed by atoms with van der Waals surface area (Å²) in [5, 5.41) is 9.28. The fourth-order valence-electron chi connectivity index (χ4n) is 3.88. The number of amides is 1. The van der Waals surface area contributed by atoms with Crippen LogP contribution < -0.4 is 0 Å². The SMILES string of the molecule is CCN(CC)C(=O)CN1CCC2(CC1)OCCc1sc(C(=O)O)cc12. The molecular formula is C18H26N2O4S. The number of carbonyl (C=O) groups excluding carboxylic acids is 1. The first-order chi connectivity index (χ1) is 12.0. The van der Waals surface area contributed by atoms with Gasteiger partial charge in [0.15, 0.2) is 0 Å². The van der Waals surface area contributed by atoms with Gasteiger partial charge in [-0.1, -0.05) is 0 Å². The highest BCUT2D eigenvalue weighted by atomic mass is 32.1. The highest BCUT2D eigenvalue weighted by molar-refractivity contribution is 7.14. The molecule has 2 aliphatic heterocycles. The Morgan fingerprint density at radius 1 is 1.32 bits per heavy atom. The zero-order chi connectivity index (χ0) is 18.0. The zero-order valence-electron chi connectivity index (χ0n) is 14.9. The predicted molar refractivity (Wildman–Crippen MR) is 96.2 cm³/mol. The van der Waals surface area contributed by atoms with Crippen LogP contribution in [0.5, 0.6) is 0 Å². The van der Waals surface area contributed by atoms with Gasteiger partial charge in [-0.2, -0.15) is 0 Å². The van der Waals surface area contributed by atoms with Crippen LogP contribution in [0, 0.1) is 0 Å². The van der Waals surface area contributed by atoms with E-state index in [2.05, 4.69) is 4.90 Å². The zero-order valence-corrected chi connectivity index (χ0v) is 15.7. The van der Waals surface area contributed by atoms with Crippen molar-refractivity contribution in [3.63, 3.8) is 0 Å². The van der Waals surface area contributed by atoms with Crippen LogP contribution in [0.2, 0.25) is 0 Å². The van der Waals surface area contributed by atoms with Crippen LogP contribution in [0.25, 0.3) is 0 Å². The van der Waals surface area contributed by atoms with Crippen molar-refractivity contribution in [2.24, 2.45) is 0 Å². The Bertz CT molecular complexity index is 646. The number of fused-ring (bicyclic) bond motifs is 2. The number of carbonyl (C=O) groups is 2. The lowest BCUT2D eigenvalue weighted by atomic mass is 9.82. The van der Waals surface area contributed by atoms with Crippen molar-refractivity contribution in [1.29, 1.82) is 0 Å². The summed E-state index contributed by atoms with van der Waals surface area (Å²) < 4.78 is 6.16. The maximum absolute atomic E-state index is 12.3. The van der Waals surface area contributed by atoms with E-state index in [9.17, 15) is 14.7 Å². The van der Waals surface area contributed by atoms with Gasteiger partial charge in [-0.25, -0.2) is 4.79 Å². The third-order valence-electron chi connectivity index (χ3n) is 5.36. The maximum Gasteiger partial charge on any atom is 0.345 e. The molecule has 25 heavy (non-hydrogen) atoms. The molecule has 0 atom stereocenters. The highest BCUT2D eigenvalue weighted by Gasteiger charge is 2.42. The van der Waals surface area contributed by atoms with Gasteiger partial charge in [0.05, 0.1) is 18.8 Å². The number of carboxylic acids is 1. The molecule has 0 saturated carbocycles. The summed E-state index contributed by atoms with van der Waals surface area (Å²) in [4.78, 5) is 29.2. The first kappa shape index (κ1) is 18.4. The molecule has 7 heteroatoms. The van der Waals surface area contributed by atoms with Crippen LogP contribution in [0.3, 0.4) is 0 Å². The van der Waals surface area contributed by atoms with E-state index in [1.165, 1.54) is 11.3 Å². The highest BCUT2D eigenvalue weighted by Crippen LogP contribution is 2.44. The number of hydrogen-bond acceptors (Lipinski definition) is 5. The molecule has 1 amide bonds. The summed E-state index contributed by atoms with van der Waals surface area (Å²) in [6.07, 6.45) is 2.40. The minimum atomic E-state index is -0.864. The smallest absolute Gasteiger partial charge is 0.345 e. The molecule has 0 aromatic carbocycles. The molecule has 1 fully saturated rings. The van der Waals surface area contributed by atoms with E-state index in [1.807, 2.05) is 18.7 Å². The Morgan fingerprint density at radius 3 is 2.60 bits per heavy atom. The topological polar surface area (TPSA) is 70.1 Å². The number of likely N-dealkylation sites (N-methyl/N-ethyl adjacent to an activating group) is 1. The molecule has 1 aromatic heterocycles. The number of piperidine rings is 1. The molecular weight excluding hydrogens is 340 g/mol. The van der Waals surface area contributed by atoms with Crippen molar-refractivity contribution >= 4 is 23.2 Å². The van der Waals surface area contributed by atoms with Gasteiger partial charge in [-0.15, -0.1) is 11.3 Å². The third-order valence-corrected chi connectivity index (χ3v) is 6.54. The molecule has 0 aliphatic carbocycles. The Kier molecular flexibility index (Phi) is 5.46. The molecule has 6 nitrogen and oxygen atoms in total. The number of likely N-dealkylation sites (tertiary alicyclic amines) is 1. The lowest BCUT2D eigenvalue weighted by Crippen LogP contribution is -2.49. The van der Waals surface area contributed by atoms with Gasteiger partial charge < -0.3 is 14.7 Å². The summed E-state index contributed by atoms with van der Waals surface area (Å²) in [6.45, 7) is 8.18. The number of rotatable bonds is 5. The second-order valence-electron chi connectivity index (χ2n) is 6.69.